The molecule has 7 heteroatoms. The van der Waals surface area contributed by atoms with Crippen molar-refractivity contribution in [3.63, 3.8) is 0 Å². The maximum Gasteiger partial charge on any atom is 0.264 e. The first kappa shape index (κ1) is 20.5. The van der Waals surface area contributed by atoms with E-state index in [2.05, 4.69) is 34.2 Å². The highest BCUT2D eigenvalue weighted by atomic mass is 32.1. The van der Waals surface area contributed by atoms with E-state index >= 15 is 0 Å². The minimum atomic E-state index is -0.391. The van der Waals surface area contributed by atoms with Gasteiger partial charge in [0.15, 0.2) is 4.77 Å². The molecule has 28 heavy (non-hydrogen) atoms. The Kier molecular flexibility index (Phi) is 6.80. The topological polar surface area (TPSA) is 74.8 Å². The van der Waals surface area contributed by atoms with Crippen LogP contribution in [-0.2, 0) is 6.54 Å². The van der Waals surface area contributed by atoms with Crippen molar-refractivity contribution in [3.8, 4) is 5.88 Å². The van der Waals surface area contributed by atoms with Crippen molar-refractivity contribution in [1.82, 2.24) is 9.55 Å². The molecule has 2 aromatic rings. The maximum atomic E-state index is 12.3. The summed E-state index contributed by atoms with van der Waals surface area (Å²) in [7, 11) is 0. The minimum absolute atomic E-state index is 0.00123. The van der Waals surface area contributed by atoms with E-state index < -0.39 is 5.56 Å². The highest BCUT2D eigenvalue weighted by molar-refractivity contribution is 7.71. The summed E-state index contributed by atoms with van der Waals surface area (Å²) in [5.74, 6) is -0.0982. The van der Waals surface area contributed by atoms with Crippen molar-refractivity contribution in [2.75, 3.05) is 13.1 Å². The molecule has 0 aliphatic carbocycles. The molecule has 1 aliphatic heterocycles. The van der Waals surface area contributed by atoms with Crippen molar-refractivity contribution >= 4 is 18.4 Å². The SMILES string of the molecule is CC[C@@H](C)n1c(O)c(C=NC2CC[NH+](Cc3ccccc3)CC2)c(=O)[nH]c1=S. The molecule has 3 rings (SSSR count). The Balaban J connectivity index is 1.67. The molecule has 0 spiro atoms. The molecule has 150 valence electrons. The number of nitrogens with one attached hydrogen (secondary N) is 2. The van der Waals surface area contributed by atoms with Gasteiger partial charge in [-0.2, -0.15) is 0 Å². The van der Waals surface area contributed by atoms with Crippen LogP contribution < -0.4 is 10.5 Å². The molecule has 1 fully saturated rings. The van der Waals surface area contributed by atoms with Crippen molar-refractivity contribution in [3.05, 3.63) is 56.6 Å². The molecule has 1 atom stereocenters. The van der Waals surface area contributed by atoms with Gasteiger partial charge in [0.2, 0.25) is 5.88 Å². The van der Waals surface area contributed by atoms with Crippen LogP contribution in [0.15, 0.2) is 40.1 Å². The summed E-state index contributed by atoms with van der Waals surface area (Å²) in [6.45, 7) is 7.11. The minimum Gasteiger partial charge on any atom is -0.494 e. The summed E-state index contributed by atoms with van der Waals surface area (Å²) in [6, 6.07) is 10.7. The van der Waals surface area contributed by atoms with Gasteiger partial charge in [0.25, 0.3) is 5.56 Å². The fourth-order valence-electron chi connectivity index (χ4n) is 3.66. The molecule has 1 aromatic heterocycles. The van der Waals surface area contributed by atoms with E-state index in [0.717, 1.165) is 38.9 Å². The number of piperidine rings is 1. The molecular weight excluding hydrogens is 372 g/mol. The Morgan fingerprint density at radius 3 is 2.68 bits per heavy atom. The lowest BCUT2D eigenvalue weighted by Crippen LogP contribution is -3.12. The summed E-state index contributed by atoms with van der Waals surface area (Å²) in [4.78, 5) is 21.1. The second kappa shape index (κ2) is 9.30. The smallest absolute Gasteiger partial charge is 0.264 e. The molecule has 6 nitrogen and oxygen atoms in total. The lowest BCUT2D eigenvalue weighted by Gasteiger charge is -2.27. The monoisotopic (exact) mass is 401 g/mol. The molecule has 0 saturated carbocycles. The average molecular weight is 402 g/mol. The van der Waals surface area contributed by atoms with E-state index in [1.165, 1.54) is 11.8 Å². The Morgan fingerprint density at radius 2 is 2.04 bits per heavy atom. The van der Waals surface area contributed by atoms with Crippen LogP contribution >= 0.6 is 12.2 Å². The molecule has 1 saturated heterocycles. The van der Waals surface area contributed by atoms with Gasteiger partial charge in [-0.15, -0.1) is 0 Å². The standard InChI is InChI=1S/C21H28N4O2S/c1-3-15(2)25-20(27)18(19(26)23-21(25)28)13-22-17-9-11-24(12-10-17)14-16-7-5-4-6-8-16/h4-8,13,15,17,27H,3,9-12,14H2,1-2H3,(H,23,26,28)/p+1/t15-/m1/s1. The fraction of sp³-hybridized carbons (Fsp3) is 0.476. The molecule has 3 N–H and O–H groups in total. The van der Waals surface area contributed by atoms with E-state index in [9.17, 15) is 9.90 Å². The van der Waals surface area contributed by atoms with Gasteiger partial charge in [-0.25, -0.2) is 0 Å². The number of aromatic amines is 1. The van der Waals surface area contributed by atoms with Gasteiger partial charge in [0, 0.05) is 30.7 Å². The van der Waals surface area contributed by atoms with Crippen LogP contribution in [0.4, 0.5) is 0 Å². The Bertz CT molecular complexity index is 928. The Hall–Kier alpha value is -2.25. The van der Waals surface area contributed by atoms with Gasteiger partial charge in [0.1, 0.15) is 12.1 Å². The zero-order valence-electron chi connectivity index (χ0n) is 16.5. The number of rotatable bonds is 6. The van der Waals surface area contributed by atoms with Crippen LogP contribution in [0.2, 0.25) is 0 Å². The van der Waals surface area contributed by atoms with Gasteiger partial charge in [0.05, 0.1) is 19.1 Å². The number of likely N-dealkylation sites (tertiary alicyclic amines) is 1. The zero-order valence-corrected chi connectivity index (χ0v) is 17.3. The lowest BCUT2D eigenvalue weighted by atomic mass is 10.0. The van der Waals surface area contributed by atoms with Gasteiger partial charge < -0.3 is 10.0 Å². The summed E-state index contributed by atoms with van der Waals surface area (Å²) in [6.07, 6.45) is 4.27. The van der Waals surface area contributed by atoms with Crippen molar-refractivity contribution in [1.29, 1.82) is 0 Å². The number of benzene rings is 1. The van der Waals surface area contributed by atoms with E-state index in [1.54, 1.807) is 9.47 Å². The number of aliphatic imine (C=N–C) groups is 1. The number of aromatic nitrogens is 2. The van der Waals surface area contributed by atoms with Gasteiger partial charge in [-0.05, 0) is 25.6 Å². The third kappa shape index (κ3) is 4.77. The quantitative estimate of drug-likeness (QED) is 0.513. The number of aromatic hydroxyl groups is 1. The van der Waals surface area contributed by atoms with Crippen molar-refractivity contribution in [2.45, 2.75) is 51.7 Å². The van der Waals surface area contributed by atoms with Gasteiger partial charge >= 0.3 is 0 Å². The molecule has 0 unspecified atom stereocenters. The molecule has 1 aromatic carbocycles. The fourth-order valence-corrected chi connectivity index (χ4v) is 4.02. The highest BCUT2D eigenvalue weighted by Crippen LogP contribution is 2.20. The van der Waals surface area contributed by atoms with Crippen LogP contribution in [0.5, 0.6) is 5.88 Å². The first-order valence-corrected chi connectivity index (χ1v) is 10.4. The predicted molar refractivity (Wildman–Crippen MR) is 114 cm³/mol. The summed E-state index contributed by atoms with van der Waals surface area (Å²) >= 11 is 5.21. The van der Waals surface area contributed by atoms with Crippen LogP contribution in [0, 0.1) is 4.77 Å². The molecule has 0 radical (unpaired) electrons. The normalized spacial score (nSPS) is 21.1. The number of hydrogen-bond donors (Lipinski definition) is 3. The summed E-state index contributed by atoms with van der Waals surface area (Å²) < 4.78 is 1.83. The molecule has 0 amide bonds. The van der Waals surface area contributed by atoms with E-state index in [1.807, 2.05) is 19.9 Å². The first-order chi connectivity index (χ1) is 13.5. The van der Waals surface area contributed by atoms with E-state index in [0.29, 0.717) is 0 Å². The number of hydrogen-bond acceptors (Lipinski definition) is 4. The van der Waals surface area contributed by atoms with Crippen LogP contribution in [0.3, 0.4) is 0 Å². The molecule has 0 bridgehead atoms. The molecular formula is C21H29N4O2S+. The largest absolute Gasteiger partial charge is 0.494 e. The second-order valence-electron chi connectivity index (χ2n) is 7.55. The Morgan fingerprint density at radius 1 is 1.36 bits per heavy atom. The van der Waals surface area contributed by atoms with Crippen LogP contribution in [0.25, 0.3) is 0 Å². The lowest BCUT2D eigenvalue weighted by molar-refractivity contribution is -0.918. The predicted octanol–water partition coefficient (Wildman–Crippen LogP) is 2.25. The number of quaternary nitrogens is 1. The third-order valence-electron chi connectivity index (χ3n) is 5.56. The maximum absolute atomic E-state index is 12.3. The van der Waals surface area contributed by atoms with Gasteiger partial charge in [-0.3, -0.25) is 19.3 Å². The molecule has 2 heterocycles. The Labute approximate surface area is 170 Å². The summed E-state index contributed by atoms with van der Waals surface area (Å²) in [5.41, 5.74) is 1.15. The van der Waals surface area contributed by atoms with E-state index in [4.69, 9.17) is 12.2 Å². The van der Waals surface area contributed by atoms with Gasteiger partial charge in [-0.1, -0.05) is 37.3 Å². The highest BCUT2D eigenvalue weighted by Gasteiger charge is 2.22. The van der Waals surface area contributed by atoms with E-state index in [-0.39, 0.29) is 28.3 Å². The average Bonchev–Trinajstić information content (AvgIpc) is 2.69. The third-order valence-corrected chi connectivity index (χ3v) is 5.86. The first-order valence-electron chi connectivity index (χ1n) is 9.98. The number of nitrogens with zero attached hydrogens (tertiary/aromatic N) is 2. The zero-order chi connectivity index (χ0) is 20.1. The van der Waals surface area contributed by atoms with Crippen molar-refractivity contribution < 1.29 is 10.0 Å². The molecule has 1 aliphatic rings. The van der Waals surface area contributed by atoms with Crippen molar-refractivity contribution in [2.24, 2.45) is 4.99 Å². The van der Waals surface area contributed by atoms with Crippen LogP contribution in [-0.4, -0.2) is 40.0 Å². The number of H-pyrrole nitrogens is 1. The summed E-state index contributed by atoms with van der Waals surface area (Å²) in [5, 5.41) is 10.6. The second-order valence-corrected chi connectivity index (χ2v) is 7.93. The van der Waals surface area contributed by atoms with Crippen LogP contribution in [0.1, 0.15) is 50.3 Å².